The Morgan fingerprint density at radius 2 is 1.79 bits per heavy atom. The molecule has 4 rings (SSSR count). The molecule has 2 aromatic carbocycles. The molecule has 174 valence electrons. The predicted molar refractivity (Wildman–Crippen MR) is 121 cm³/mol. The summed E-state index contributed by atoms with van der Waals surface area (Å²) in [4.78, 5) is 12.8. The molecule has 1 fully saturated rings. The number of benzene rings is 2. The van der Waals surface area contributed by atoms with Crippen LogP contribution in [-0.4, -0.2) is 35.4 Å². The number of aryl methyl sites for hydroxylation is 3. The molecule has 0 bridgehead atoms. The molecule has 0 aliphatic carbocycles. The van der Waals surface area contributed by atoms with Crippen LogP contribution in [0.5, 0.6) is 0 Å². The summed E-state index contributed by atoms with van der Waals surface area (Å²) in [6.07, 6.45) is 1.21. The van der Waals surface area contributed by atoms with Crippen LogP contribution < -0.4 is 5.32 Å². The van der Waals surface area contributed by atoms with Gasteiger partial charge in [-0.2, -0.15) is 4.31 Å². The van der Waals surface area contributed by atoms with E-state index in [1.165, 1.54) is 10.4 Å². The fraction of sp³-hybridized carbons (Fsp3) is 0.318. The second kappa shape index (κ2) is 8.88. The summed E-state index contributed by atoms with van der Waals surface area (Å²) < 4.78 is 54.9. The molecular formula is C22H22F2N4O3S2. The van der Waals surface area contributed by atoms with E-state index in [2.05, 4.69) is 15.5 Å². The number of halogens is 2. The zero-order chi connectivity index (χ0) is 23.9. The number of aromatic nitrogens is 2. The van der Waals surface area contributed by atoms with Crippen molar-refractivity contribution in [2.24, 2.45) is 0 Å². The van der Waals surface area contributed by atoms with Crippen LogP contribution in [-0.2, 0) is 10.0 Å². The van der Waals surface area contributed by atoms with Crippen molar-refractivity contribution < 1.29 is 22.0 Å². The molecule has 0 unspecified atom stereocenters. The highest BCUT2D eigenvalue weighted by Crippen LogP contribution is 2.38. The highest BCUT2D eigenvalue weighted by atomic mass is 32.2. The minimum atomic E-state index is -3.78. The van der Waals surface area contributed by atoms with Gasteiger partial charge in [-0.25, -0.2) is 17.2 Å². The van der Waals surface area contributed by atoms with E-state index in [1.54, 1.807) is 13.0 Å². The van der Waals surface area contributed by atoms with Crippen LogP contribution in [0.4, 0.5) is 14.5 Å². The Bertz CT molecular complexity index is 1340. The largest absolute Gasteiger partial charge is 0.320 e. The van der Waals surface area contributed by atoms with Crippen LogP contribution in [0, 0.1) is 32.4 Å². The van der Waals surface area contributed by atoms with Crippen LogP contribution in [0.25, 0.3) is 0 Å². The zero-order valence-corrected chi connectivity index (χ0v) is 19.9. The lowest BCUT2D eigenvalue weighted by atomic mass is 10.1. The van der Waals surface area contributed by atoms with E-state index in [-0.39, 0.29) is 15.6 Å². The standard InChI is InChI=1S/C22H22F2N4O3S2/c1-12-9-14(3)19(10-13(12)2)33(30,31)28-8-4-5-18(28)21-26-27-22(32-21)20(29)25-15-6-7-16(23)17(24)11-15/h6-7,9-11,18H,4-5,8H2,1-3H3,(H,25,29)/t18-/m1/s1. The molecule has 1 amide bonds. The minimum absolute atomic E-state index is 0.00124. The second-order valence-electron chi connectivity index (χ2n) is 8.00. The molecule has 0 saturated carbocycles. The number of anilines is 1. The van der Waals surface area contributed by atoms with Gasteiger partial charge in [-0.05, 0) is 68.5 Å². The van der Waals surface area contributed by atoms with Crippen molar-refractivity contribution >= 4 is 33.0 Å². The average Bonchev–Trinajstić information content (AvgIpc) is 3.43. The fourth-order valence-corrected chi connectivity index (χ4v) is 6.74. The molecule has 0 spiro atoms. The summed E-state index contributed by atoms with van der Waals surface area (Å²) in [6, 6.07) is 6.03. The number of carbonyl (C=O) groups excluding carboxylic acids is 1. The molecule has 1 aliphatic heterocycles. The number of hydrogen-bond donors (Lipinski definition) is 1. The van der Waals surface area contributed by atoms with Gasteiger partial charge in [0.25, 0.3) is 5.91 Å². The first-order valence-corrected chi connectivity index (χ1v) is 12.5. The van der Waals surface area contributed by atoms with Gasteiger partial charge in [-0.1, -0.05) is 17.4 Å². The van der Waals surface area contributed by atoms with Crippen molar-refractivity contribution in [3.8, 4) is 0 Å². The second-order valence-corrected chi connectivity index (χ2v) is 10.9. The summed E-state index contributed by atoms with van der Waals surface area (Å²) in [7, 11) is -3.78. The third kappa shape index (κ3) is 4.53. The summed E-state index contributed by atoms with van der Waals surface area (Å²) >= 11 is 0.981. The van der Waals surface area contributed by atoms with Gasteiger partial charge in [0.15, 0.2) is 11.6 Å². The molecule has 11 heteroatoms. The number of amides is 1. The number of carbonyl (C=O) groups is 1. The molecule has 1 saturated heterocycles. The molecule has 1 aliphatic rings. The number of nitrogens with one attached hydrogen (secondary N) is 1. The van der Waals surface area contributed by atoms with Gasteiger partial charge in [0.2, 0.25) is 15.0 Å². The fourth-order valence-electron chi connectivity index (χ4n) is 3.83. The first kappa shape index (κ1) is 23.4. The van der Waals surface area contributed by atoms with Crippen LogP contribution in [0.15, 0.2) is 35.2 Å². The summed E-state index contributed by atoms with van der Waals surface area (Å²) in [5.41, 5.74) is 2.66. The monoisotopic (exact) mass is 492 g/mol. The summed E-state index contributed by atoms with van der Waals surface area (Å²) in [6.45, 7) is 5.93. The van der Waals surface area contributed by atoms with E-state index >= 15 is 0 Å². The van der Waals surface area contributed by atoms with Gasteiger partial charge < -0.3 is 5.32 Å². The number of sulfonamides is 1. The molecule has 1 aromatic heterocycles. The van der Waals surface area contributed by atoms with Crippen LogP contribution in [0.3, 0.4) is 0 Å². The maximum Gasteiger partial charge on any atom is 0.286 e. The molecule has 7 nitrogen and oxygen atoms in total. The third-order valence-electron chi connectivity index (χ3n) is 5.68. The van der Waals surface area contributed by atoms with E-state index in [4.69, 9.17) is 0 Å². The topological polar surface area (TPSA) is 92.3 Å². The van der Waals surface area contributed by atoms with Crippen molar-refractivity contribution in [1.29, 1.82) is 0 Å². The molecule has 1 N–H and O–H groups in total. The number of nitrogens with zero attached hydrogens (tertiary/aromatic N) is 3. The van der Waals surface area contributed by atoms with Gasteiger partial charge in [-0.3, -0.25) is 4.79 Å². The quantitative estimate of drug-likeness (QED) is 0.565. The maximum atomic E-state index is 13.5. The third-order valence-corrected chi connectivity index (χ3v) is 8.75. The molecule has 0 radical (unpaired) electrons. The van der Waals surface area contributed by atoms with Crippen molar-refractivity contribution in [3.63, 3.8) is 0 Å². The highest BCUT2D eigenvalue weighted by molar-refractivity contribution is 7.89. The van der Waals surface area contributed by atoms with E-state index < -0.39 is 33.6 Å². The van der Waals surface area contributed by atoms with Gasteiger partial charge >= 0.3 is 0 Å². The van der Waals surface area contributed by atoms with E-state index in [1.807, 2.05) is 19.9 Å². The Morgan fingerprint density at radius 1 is 1.06 bits per heavy atom. The number of rotatable bonds is 5. The van der Waals surface area contributed by atoms with Crippen LogP contribution in [0.2, 0.25) is 0 Å². The lowest BCUT2D eigenvalue weighted by Gasteiger charge is -2.23. The van der Waals surface area contributed by atoms with Gasteiger partial charge in [0.1, 0.15) is 5.01 Å². The first-order valence-electron chi connectivity index (χ1n) is 10.3. The van der Waals surface area contributed by atoms with E-state index in [0.717, 1.165) is 34.6 Å². The summed E-state index contributed by atoms with van der Waals surface area (Å²) in [5.74, 6) is -2.74. The predicted octanol–water partition coefficient (Wildman–Crippen LogP) is 4.52. The van der Waals surface area contributed by atoms with Crippen molar-refractivity contribution in [2.45, 2.75) is 44.6 Å². The first-order chi connectivity index (χ1) is 15.6. The molecule has 33 heavy (non-hydrogen) atoms. The zero-order valence-electron chi connectivity index (χ0n) is 18.2. The van der Waals surface area contributed by atoms with Gasteiger partial charge in [0, 0.05) is 18.3 Å². The van der Waals surface area contributed by atoms with Crippen molar-refractivity contribution in [3.05, 3.63) is 68.7 Å². The van der Waals surface area contributed by atoms with Gasteiger partial charge in [0.05, 0.1) is 10.9 Å². The molecular weight excluding hydrogens is 470 g/mol. The number of hydrogen-bond acceptors (Lipinski definition) is 6. The Morgan fingerprint density at radius 3 is 2.52 bits per heavy atom. The lowest BCUT2D eigenvalue weighted by molar-refractivity contribution is 0.102. The Labute approximate surface area is 194 Å². The van der Waals surface area contributed by atoms with Crippen molar-refractivity contribution in [2.75, 3.05) is 11.9 Å². The summed E-state index contributed by atoms with van der Waals surface area (Å²) in [5, 5.41) is 10.8. The highest BCUT2D eigenvalue weighted by Gasteiger charge is 2.39. The molecule has 3 aromatic rings. The van der Waals surface area contributed by atoms with Crippen LogP contribution >= 0.6 is 11.3 Å². The normalized spacial score (nSPS) is 16.8. The maximum absolute atomic E-state index is 13.5. The Balaban J connectivity index is 1.58. The smallest absolute Gasteiger partial charge is 0.286 e. The Kier molecular flexibility index (Phi) is 6.30. The lowest BCUT2D eigenvalue weighted by Crippen LogP contribution is -2.31. The molecule has 2 heterocycles. The average molecular weight is 493 g/mol. The minimum Gasteiger partial charge on any atom is -0.320 e. The van der Waals surface area contributed by atoms with Crippen molar-refractivity contribution in [1.82, 2.24) is 14.5 Å². The molecule has 1 atom stereocenters. The van der Waals surface area contributed by atoms with E-state index in [0.29, 0.717) is 30.0 Å². The van der Waals surface area contributed by atoms with E-state index in [9.17, 15) is 22.0 Å². The Hall–Kier alpha value is -2.76. The SMILES string of the molecule is Cc1cc(C)c(S(=O)(=O)N2CCC[C@@H]2c2nnc(C(=O)Nc3ccc(F)c(F)c3)s2)cc1C. The van der Waals surface area contributed by atoms with Gasteiger partial charge in [-0.15, -0.1) is 10.2 Å². The van der Waals surface area contributed by atoms with Crippen LogP contribution in [0.1, 0.15) is 50.4 Å².